The van der Waals surface area contributed by atoms with E-state index in [1.807, 2.05) is 36.2 Å². The monoisotopic (exact) mass is 223 g/mol. The Morgan fingerprint density at radius 2 is 2.00 bits per heavy atom. The molecule has 0 spiro atoms. The van der Waals surface area contributed by atoms with Crippen LogP contribution in [0, 0.1) is 0 Å². The Morgan fingerprint density at radius 3 is 2.53 bits per heavy atom. The van der Waals surface area contributed by atoms with Crippen molar-refractivity contribution >= 4 is 17.5 Å². The first-order valence-electron chi connectivity index (χ1n) is 5.08. The lowest BCUT2D eigenvalue weighted by atomic mass is 10.1. The molecule has 1 amide bonds. The summed E-state index contributed by atoms with van der Waals surface area (Å²) < 4.78 is 0. The summed E-state index contributed by atoms with van der Waals surface area (Å²) in [5.41, 5.74) is 1.28. The van der Waals surface area contributed by atoms with Gasteiger partial charge in [0.05, 0.1) is 0 Å². The first kappa shape index (κ1) is 10.5. The average Bonchev–Trinajstić information content (AvgIpc) is 2.97. The molecule has 0 aromatic heterocycles. The number of rotatable bonds is 2. The summed E-state index contributed by atoms with van der Waals surface area (Å²) in [7, 11) is 1.86. The maximum absolute atomic E-state index is 11.2. The fourth-order valence-electron chi connectivity index (χ4n) is 1.91. The molecule has 0 aliphatic heterocycles. The lowest BCUT2D eigenvalue weighted by molar-refractivity contribution is -0.128. The summed E-state index contributed by atoms with van der Waals surface area (Å²) in [5.74, 6) is 0.632. The zero-order valence-corrected chi connectivity index (χ0v) is 9.66. The van der Waals surface area contributed by atoms with E-state index < -0.39 is 0 Å². The van der Waals surface area contributed by atoms with Crippen LogP contribution in [0.25, 0.3) is 0 Å². The van der Waals surface area contributed by atoms with Gasteiger partial charge >= 0.3 is 0 Å². The second kappa shape index (κ2) is 3.86. The van der Waals surface area contributed by atoms with Crippen molar-refractivity contribution in [3.8, 4) is 0 Å². The molecule has 15 heavy (non-hydrogen) atoms. The fraction of sp³-hybridized carbons (Fsp3) is 0.417. The zero-order valence-electron chi connectivity index (χ0n) is 8.90. The summed E-state index contributed by atoms with van der Waals surface area (Å²) in [6.07, 6.45) is 1.07. The molecule has 1 aliphatic carbocycles. The molecular weight excluding hydrogens is 210 g/mol. The van der Waals surface area contributed by atoms with Crippen molar-refractivity contribution in [2.75, 3.05) is 7.05 Å². The number of amides is 1. The van der Waals surface area contributed by atoms with Crippen molar-refractivity contribution in [1.82, 2.24) is 4.90 Å². The van der Waals surface area contributed by atoms with Gasteiger partial charge in [0.15, 0.2) is 0 Å². The highest BCUT2D eigenvalue weighted by atomic mass is 35.5. The van der Waals surface area contributed by atoms with Crippen LogP contribution in [-0.4, -0.2) is 23.9 Å². The standard InChI is InChI=1S/C12H14ClNO/c1-8(15)14(2)12-7-11(12)9-3-5-10(13)6-4-9/h3-6,11-12H,7H2,1-2H3/t11-,12+/m0/s1. The van der Waals surface area contributed by atoms with E-state index in [4.69, 9.17) is 11.6 Å². The van der Waals surface area contributed by atoms with Gasteiger partial charge in [-0.1, -0.05) is 23.7 Å². The minimum absolute atomic E-state index is 0.136. The van der Waals surface area contributed by atoms with Gasteiger partial charge in [-0.05, 0) is 24.1 Å². The van der Waals surface area contributed by atoms with Crippen molar-refractivity contribution in [3.05, 3.63) is 34.9 Å². The molecule has 1 saturated carbocycles. The Labute approximate surface area is 94.8 Å². The smallest absolute Gasteiger partial charge is 0.219 e. The summed E-state index contributed by atoms with van der Waals surface area (Å²) in [4.78, 5) is 13.0. The topological polar surface area (TPSA) is 20.3 Å². The van der Waals surface area contributed by atoms with Crippen molar-refractivity contribution < 1.29 is 4.79 Å². The van der Waals surface area contributed by atoms with Gasteiger partial charge < -0.3 is 4.90 Å². The van der Waals surface area contributed by atoms with E-state index in [9.17, 15) is 4.79 Å². The summed E-state index contributed by atoms with van der Waals surface area (Å²) in [6, 6.07) is 8.27. The largest absolute Gasteiger partial charge is 0.342 e. The van der Waals surface area contributed by atoms with Gasteiger partial charge in [0.25, 0.3) is 0 Å². The molecule has 0 N–H and O–H groups in total. The van der Waals surface area contributed by atoms with Crippen LogP contribution in [0.5, 0.6) is 0 Å². The van der Waals surface area contributed by atoms with Crippen molar-refractivity contribution in [2.24, 2.45) is 0 Å². The second-order valence-electron chi connectivity index (χ2n) is 4.09. The molecule has 2 nitrogen and oxygen atoms in total. The van der Waals surface area contributed by atoms with Crippen LogP contribution in [0.15, 0.2) is 24.3 Å². The van der Waals surface area contributed by atoms with Gasteiger partial charge in [-0.25, -0.2) is 0 Å². The molecule has 1 fully saturated rings. The Morgan fingerprint density at radius 1 is 1.40 bits per heavy atom. The molecule has 3 heteroatoms. The predicted octanol–water partition coefficient (Wildman–Crippen LogP) is 2.67. The number of hydrogen-bond acceptors (Lipinski definition) is 1. The lowest BCUT2D eigenvalue weighted by Gasteiger charge is -2.14. The van der Waals surface area contributed by atoms with E-state index in [0.29, 0.717) is 12.0 Å². The van der Waals surface area contributed by atoms with Gasteiger partial charge in [0, 0.05) is 31.0 Å². The minimum atomic E-state index is 0.136. The molecule has 0 saturated heterocycles. The minimum Gasteiger partial charge on any atom is -0.342 e. The predicted molar refractivity (Wildman–Crippen MR) is 61.0 cm³/mol. The third kappa shape index (κ3) is 2.15. The summed E-state index contributed by atoms with van der Waals surface area (Å²) in [5, 5.41) is 0.760. The molecule has 0 heterocycles. The molecule has 1 aliphatic rings. The second-order valence-corrected chi connectivity index (χ2v) is 4.53. The SMILES string of the molecule is CC(=O)N(C)[C@@H]1C[C@H]1c1ccc(Cl)cc1. The van der Waals surface area contributed by atoms with E-state index in [0.717, 1.165) is 11.4 Å². The zero-order chi connectivity index (χ0) is 11.0. The molecular formula is C12H14ClNO. The maximum Gasteiger partial charge on any atom is 0.219 e. The molecule has 1 aromatic carbocycles. The molecule has 2 rings (SSSR count). The Balaban J connectivity index is 2.05. The molecule has 1 aromatic rings. The molecule has 80 valence electrons. The van der Waals surface area contributed by atoms with Gasteiger partial charge in [0.1, 0.15) is 0 Å². The van der Waals surface area contributed by atoms with E-state index in [1.165, 1.54) is 5.56 Å². The fourth-order valence-corrected chi connectivity index (χ4v) is 2.04. The lowest BCUT2D eigenvalue weighted by Crippen LogP contribution is -2.26. The first-order valence-corrected chi connectivity index (χ1v) is 5.46. The quantitative estimate of drug-likeness (QED) is 0.755. The summed E-state index contributed by atoms with van der Waals surface area (Å²) >= 11 is 5.82. The van der Waals surface area contributed by atoms with Crippen LogP contribution >= 0.6 is 11.6 Å². The van der Waals surface area contributed by atoms with E-state index >= 15 is 0 Å². The maximum atomic E-state index is 11.2. The number of nitrogens with zero attached hydrogens (tertiary/aromatic N) is 1. The van der Waals surface area contributed by atoms with Crippen molar-refractivity contribution in [1.29, 1.82) is 0 Å². The Kier molecular flexibility index (Phi) is 2.70. The third-order valence-corrected chi connectivity index (χ3v) is 3.30. The van der Waals surface area contributed by atoms with Crippen LogP contribution < -0.4 is 0 Å². The van der Waals surface area contributed by atoms with Gasteiger partial charge in [0.2, 0.25) is 5.91 Å². The van der Waals surface area contributed by atoms with Crippen LogP contribution in [0.2, 0.25) is 5.02 Å². The van der Waals surface area contributed by atoms with Crippen LogP contribution in [0.3, 0.4) is 0 Å². The summed E-state index contributed by atoms with van der Waals surface area (Å²) in [6.45, 7) is 1.61. The van der Waals surface area contributed by atoms with Crippen molar-refractivity contribution in [3.63, 3.8) is 0 Å². The van der Waals surface area contributed by atoms with E-state index in [2.05, 4.69) is 0 Å². The highest BCUT2D eigenvalue weighted by molar-refractivity contribution is 6.30. The average molecular weight is 224 g/mol. The molecule has 0 unspecified atom stereocenters. The molecule has 0 radical (unpaired) electrons. The van der Waals surface area contributed by atoms with Gasteiger partial charge in [-0.15, -0.1) is 0 Å². The number of likely N-dealkylation sites (N-methyl/N-ethyl adjacent to an activating group) is 1. The van der Waals surface area contributed by atoms with Gasteiger partial charge in [-0.2, -0.15) is 0 Å². The Hall–Kier alpha value is -1.02. The molecule has 0 bridgehead atoms. The highest BCUT2D eigenvalue weighted by Gasteiger charge is 2.42. The van der Waals surface area contributed by atoms with E-state index in [1.54, 1.807) is 6.92 Å². The van der Waals surface area contributed by atoms with Crippen molar-refractivity contribution in [2.45, 2.75) is 25.3 Å². The number of carbonyl (C=O) groups is 1. The van der Waals surface area contributed by atoms with Gasteiger partial charge in [-0.3, -0.25) is 4.79 Å². The normalized spacial score (nSPS) is 23.7. The van der Waals surface area contributed by atoms with Crippen LogP contribution in [0.4, 0.5) is 0 Å². The first-order chi connectivity index (χ1) is 7.09. The number of carbonyl (C=O) groups excluding carboxylic acids is 1. The molecule has 2 atom stereocenters. The Bertz CT molecular complexity index is 374. The van der Waals surface area contributed by atoms with Crippen LogP contribution in [-0.2, 0) is 4.79 Å². The third-order valence-electron chi connectivity index (χ3n) is 3.05. The highest BCUT2D eigenvalue weighted by Crippen LogP contribution is 2.44. The number of halogens is 1. The number of benzene rings is 1. The number of hydrogen-bond donors (Lipinski definition) is 0. The van der Waals surface area contributed by atoms with Crippen LogP contribution in [0.1, 0.15) is 24.8 Å². The van der Waals surface area contributed by atoms with E-state index in [-0.39, 0.29) is 5.91 Å².